The summed E-state index contributed by atoms with van der Waals surface area (Å²) in [4.78, 5) is 0. The lowest BCUT2D eigenvalue weighted by molar-refractivity contribution is 0.616. The van der Waals surface area contributed by atoms with Crippen LogP contribution in [0.3, 0.4) is 0 Å². The van der Waals surface area contributed by atoms with E-state index in [9.17, 15) is 0 Å². The van der Waals surface area contributed by atoms with E-state index in [2.05, 4.69) is 0 Å². The number of aryl methyl sites for hydroxylation is 1. The smallest absolute Gasteiger partial charge is 0.315 e. The van der Waals surface area contributed by atoms with E-state index < -0.39 is 0 Å². The Labute approximate surface area is 53.3 Å². The third-order valence-corrected chi connectivity index (χ3v) is 1.98. The van der Waals surface area contributed by atoms with Gasteiger partial charge in [-0.15, -0.1) is 0 Å². The summed E-state index contributed by atoms with van der Waals surface area (Å²) in [7, 11) is 0.179. The van der Waals surface area contributed by atoms with E-state index in [0.717, 1.165) is 4.78 Å². The Hall–Kier alpha value is -0.275. The monoisotopic (exact) mass is 126 g/mol. The molecule has 0 aliphatic heterocycles. The molecule has 0 fully saturated rings. The van der Waals surface area contributed by atoms with Gasteiger partial charge in [-0.3, -0.25) is 0 Å². The molecule has 0 saturated carbocycles. The average Bonchev–Trinajstić information content (AvgIpc) is 2.14. The third kappa shape index (κ3) is 1.11. The average molecular weight is 126 g/mol. The van der Waals surface area contributed by atoms with E-state index in [-0.39, 0.29) is 7.48 Å². The second-order valence-corrected chi connectivity index (χ2v) is 2.74. The van der Waals surface area contributed by atoms with Crippen molar-refractivity contribution in [1.82, 2.24) is 0 Å². The zero-order valence-corrected chi connectivity index (χ0v) is 5.53. The van der Waals surface area contributed by atoms with E-state index in [1.165, 1.54) is 5.56 Å². The largest absolute Gasteiger partial charge is 0.449 e. The molecule has 1 heterocycles. The molecule has 0 aromatic carbocycles. The Morgan fingerprint density at radius 3 is 2.75 bits per heavy atom. The normalized spacial score (nSPS) is 9.25. The van der Waals surface area contributed by atoms with Crippen molar-refractivity contribution in [2.24, 2.45) is 0 Å². The van der Waals surface area contributed by atoms with Crippen molar-refractivity contribution in [3.8, 4) is 0 Å². The Morgan fingerprint density at radius 2 is 2.50 bits per heavy atom. The minimum absolute atomic E-state index is 0.179. The minimum atomic E-state index is 0.179. The van der Waals surface area contributed by atoms with Crippen LogP contribution < -0.4 is 4.78 Å². The molecule has 1 aromatic rings. The van der Waals surface area contributed by atoms with Gasteiger partial charge in [0, 0.05) is 4.78 Å². The van der Waals surface area contributed by atoms with Crippen LogP contribution >= 0.6 is 11.3 Å². The van der Waals surface area contributed by atoms with E-state index >= 15 is 0 Å². The summed E-state index contributed by atoms with van der Waals surface area (Å²) >= 11 is 1.60. The zero-order valence-electron chi connectivity index (χ0n) is 4.72. The standard InChI is InChI=1S/C5H7BOS/c1-4-2-5(6-7)8-3-4/h2-3,6-7H,1H3. The van der Waals surface area contributed by atoms with Gasteiger partial charge in [-0.05, 0) is 17.9 Å². The number of rotatable bonds is 1. The molecule has 0 saturated heterocycles. The topological polar surface area (TPSA) is 20.2 Å². The summed E-state index contributed by atoms with van der Waals surface area (Å²) in [6.07, 6.45) is 0. The van der Waals surface area contributed by atoms with Crippen molar-refractivity contribution in [2.45, 2.75) is 6.92 Å². The van der Waals surface area contributed by atoms with Crippen LogP contribution in [0, 0.1) is 6.92 Å². The highest BCUT2D eigenvalue weighted by Crippen LogP contribution is 1.99. The molecule has 0 aliphatic rings. The molecule has 0 amide bonds. The van der Waals surface area contributed by atoms with Crippen LogP contribution in [0.15, 0.2) is 11.4 Å². The first-order valence-corrected chi connectivity index (χ1v) is 3.36. The molecule has 1 nitrogen and oxygen atoms in total. The Morgan fingerprint density at radius 1 is 1.75 bits per heavy atom. The van der Waals surface area contributed by atoms with Gasteiger partial charge in [-0.25, -0.2) is 0 Å². The number of thiophene rings is 1. The zero-order chi connectivity index (χ0) is 5.98. The molecular formula is C5H7BOS. The van der Waals surface area contributed by atoms with Crippen molar-refractivity contribution in [3.63, 3.8) is 0 Å². The SMILES string of the molecule is Cc1csc(BO)c1. The number of hydrogen-bond acceptors (Lipinski definition) is 2. The molecule has 0 atom stereocenters. The predicted molar refractivity (Wildman–Crippen MR) is 38.1 cm³/mol. The highest BCUT2D eigenvalue weighted by molar-refractivity contribution is 7.19. The van der Waals surface area contributed by atoms with Crippen LogP contribution in [0.5, 0.6) is 0 Å². The molecule has 3 heteroatoms. The van der Waals surface area contributed by atoms with Gasteiger partial charge in [0.25, 0.3) is 0 Å². The van der Waals surface area contributed by atoms with Crippen molar-refractivity contribution < 1.29 is 5.02 Å². The fraction of sp³-hybridized carbons (Fsp3) is 0.200. The van der Waals surface area contributed by atoms with Gasteiger partial charge in [0.05, 0.1) is 0 Å². The molecule has 0 unspecified atom stereocenters. The first-order chi connectivity index (χ1) is 3.83. The molecule has 0 radical (unpaired) electrons. The quantitative estimate of drug-likeness (QED) is 0.526. The Bertz CT molecular complexity index is 173. The number of hydrogen-bond donors (Lipinski definition) is 1. The molecule has 1 N–H and O–H groups in total. The summed E-state index contributed by atoms with van der Waals surface area (Å²) in [6.45, 7) is 2.02. The second kappa shape index (κ2) is 2.33. The van der Waals surface area contributed by atoms with Crippen molar-refractivity contribution in [2.75, 3.05) is 0 Å². The lowest BCUT2D eigenvalue weighted by atomic mass is 10.00. The molecule has 42 valence electrons. The fourth-order valence-electron chi connectivity index (χ4n) is 0.574. The first kappa shape index (κ1) is 5.85. The van der Waals surface area contributed by atoms with E-state index in [0.29, 0.717) is 0 Å². The highest BCUT2D eigenvalue weighted by atomic mass is 32.1. The van der Waals surface area contributed by atoms with E-state index in [1.807, 2.05) is 18.4 Å². The van der Waals surface area contributed by atoms with Gasteiger partial charge in [0.2, 0.25) is 0 Å². The van der Waals surface area contributed by atoms with Crippen LogP contribution in [0.1, 0.15) is 5.56 Å². The Kier molecular flexibility index (Phi) is 1.71. The maximum Gasteiger partial charge on any atom is 0.315 e. The molecule has 0 bridgehead atoms. The minimum Gasteiger partial charge on any atom is -0.449 e. The van der Waals surface area contributed by atoms with Gasteiger partial charge < -0.3 is 5.02 Å². The summed E-state index contributed by atoms with van der Waals surface area (Å²) < 4.78 is 1.04. The Balaban J connectivity index is 2.84. The van der Waals surface area contributed by atoms with Gasteiger partial charge in [0.15, 0.2) is 0 Å². The van der Waals surface area contributed by atoms with Crippen LogP contribution in [0.25, 0.3) is 0 Å². The molecule has 0 spiro atoms. The van der Waals surface area contributed by atoms with Crippen molar-refractivity contribution in [1.29, 1.82) is 0 Å². The maximum absolute atomic E-state index is 8.56. The second-order valence-electron chi connectivity index (χ2n) is 1.75. The fourth-order valence-corrected chi connectivity index (χ4v) is 1.31. The molecule has 0 aliphatic carbocycles. The summed E-state index contributed by atoms with van der Waals surface area (Å²) in [5, 5.41) is 10.6. The molecule has 1 rings (SSSR count). The summed E-state index contributed by atoms with van der Waals surface area (Å²) in [5.41, 5.74) is 1.24. The first-order valence-electron chi connectivity index (χ1n) is 2.48. The lowest BCUT2D eigenvalue weighted by Crippen LogP contribution is -2.06. The van der Waals surface area contributed by atoms with Gasteiger partial charge in [-0.2, -0.15) is 11.3 Å². The highest BCUT2D eigenvalue weighted by Gasteiger charge is 1.93. The van der Waals surface area contributed by atoms with Gasteiger partial charge in [0.1, 0.15) is 0 Å². The molecule has 1 aromatic heterocycles. The van der Waals surface area contributed by atoms with Crippen molar-refractivity contribution >= 4 is 23.6 Å². The van der Waals surface area contributed by atoms with Gasteiger partial charge in [-0.1, -0.05) is 6.07 Å². The lowest BCUT2D eigenvalue weighted by Gasteiger charge is -1.76. The molecule has 8 heavy (non-hydrogen) atoms. The molecular weight excluding hydrogens is 119 g/mol. The van der Waals surface area contributed by atoms with E-state index in [4.69, 9.17) is 5.02 Å². The summed E-state index contributed by atoms with van der Waals surface area (Å²) in [6, 6.07) is 1.99. The van der Waals surface area contributed by atoms with Crippen LogP contribution in [0.2, 0.25) is 0 Å². The van der Waals surface area contributed by atoms with Crippen LogP contribution in [-0.2, 0) is 0 Å². The van der Waals surface area contributed by atoms with Gasteiger partial charge >= 0.3 is 7.48 Å². The van der Waals surface area contributed by atoms with Crippen LogP contribution in [0.4, 0.5) is 0 Å². The third-order valence-electron chi connectivity index (χ3n) is 0.941. The van der Waals surface area contributed by atoms with Crippen molar-refractivity contribution in [3.05, 3.63) is 17.0 Å². The predicted octanol–water partition coefficient (Wildman–Crippen LogP) is 0.0256. The summed E-state index contributed by atoms with van der Waals surface area (Å²) in [5.74, 6) is 0. The maximum atomic E-state index is 8.56. The van der Waals surface area contributed by atoms with E-state index in [1.54, 1.807) is 11.3 Å². The van der Waals surface area contributed by atoms with Crippen LogP contribution in [-0.4, -0.2) is 12.5 Å².